The van der Waals surface area contributed by atoms with E-state index in [1.807, 2.05) is 4.90 Å². The summed E-state index contributed by atoms with van der Waals surface area (Å²) in [7, 11) is 14.2. The van der Waals surface area contributed by atoms with E-state index < -0.39 is 5.34 Å². The van der Waals surface area contributed by atoms with E-state index in [1.54, 1.807) is 30.2 Å². The molecule has 1 aromatic heterocycles. The standard InChI is InChI=1S/C16H21B2N3O2/c1-11-8-21(9-11)16(17,18)14-5-3-4-13(19-14)15(22)20-7-6-12(10-20)23-2/h3-5,11-12H,6-10H2,1-2H3. The van der Waals surface area contributed by atoms with Gasteiger partial charge in [-0.2, -0.15) is 0 Å². The van der Waals surface area contributed by atoms with Gasteiger partial charge in [0.25, 0.3) is 5.91 Å². The Balaban J connectivity index is 1.76. The molecule has 0 spiro atoms. The van der Waals surface area contributed by atoms with Gasteiger partial charge >= 0.3 is 0 Å². The first-order valence-electron chi connectivity index (χ1n) is 8.04. The summed E-state index contributed by atoms with van der Waals surface area (Å²) in [4.78, 5) is 20.8. The molecule has 3 rings (SSSR count). The molecule has 4 radical (unpaired) electrons. The Kier molecular flexibility index (Phi) is 4.52. The van der Waals surface area contributed by atoms with Crippen LogP contribution in [0.2, 0.25) is 0 Å². The van der Waals surface area contributed by atoms with E-state index in [0.717, 1.165) is 19.5 Å². The van der Waals surface area contributed by atoms with E-state index in [1.165, 1.54) is 0 Å². The number of carbonyl (C=O) groups is 1. The number of nitrogens with zero attached hydrogens (tertiary/aromatic N) is 3. The molecular weight excluding hydrogens is 288 g/mol. The summed E-state index contributed by atoms with van der Waals surface area (Å²) in [6.45, 7) is 5.12. The average molecular weight is 309 g/mol. The largest absolute Gasteiger partial charge is 0.380 e. The van der Waals surface area contributed by atoms with Crippen molar-refractivity contribution in [3.63, 3.8) is 0 Å². The number of hydrogen-bond acceptors (Lipinski definition) is 4. The number of likely N-dealkylation sites (tertiary alicyclic amines) is 2. The van der Waals surface area contributed by atoms with E-state index in [9.17, 15) is 4.79 Å². The van der Waals surface area contributed by atoms with Crippen LogP contribution in [0.5, 0.6) is 0 Å². The molecule has 1 amide bonds. The lowest BCUT2D eigenvalue weighted by Crippen LogP contribution is -2.58. The number of methoxy groups -OCH3 is 1. The van der Waals surface area contributed by atoms with Crippen LogP contribution in [0.25, 0.3) is 0 Å². The Bertz CT molecular complexity index is 590. The Labute approximate surface area is 140 Å². The number of ether oxygens (including phenoxy) is 1. The monoisotopic (exact) mass is 309 g/mol. The van der Waals surface area contributed by atoms with Gasteiger partial charge in [0.2, 0.25) is 0 Å². The smallest absolute Gasteiger partial charge is 0.272 e. The van der Waals surface area contributed by atoms with E-state index in [2.05, 4.69) is 11.9 Å². The maximum absolute atomic E-state index is 12.6. The van der Waals surface area contributed by atoms with Crippen molar-refractivity contribution in [2.45, 2.75) is 24.8 Å². The summed E-state index contributed by atoms with van der Waals surface area (Å²) in [5.74, 6) is 0.487. The predicted octanol–water partition coefficient (Wildman–Crippen LogP) is 0.341. The lowest BCUT2D eigenvalue weighted by molar-refractivity contribution is 0.0704. The molecule has 5 nitrogen and oxygen atoms in total. The fourth-order valence-electron chi connectivity index (χ4n) is 3.21. The number of rotatable bonds is 4. The Morgan fingerprint density at radius 3 is 2.70 bits per heavy atom. The number of amides is 1. The molecule has 2 fully saturated rings. The van der Waals surface area contributed by atoms with Crippen LogP contribution in [0.4, 0.5) is 0 Å². The molecule has 23 heavy (non-hydrogen) atoms. The maximum atomic E-state index is 12.6. The third-order valence-corrected chi connectivity index (χ3v) is 4.73. The van der Waals surface area contributed by atoms with Crippen molar-refractivity contribution >= 4 is 21.6 Å². The molecule has 0 bridgehead atoms. The van der Waals surface area contributed by atoms with Gasteiger partial charge in [0.15, 0.2) is 0 Å². The zero-order valence-electron chi connectivity index (χ0n) is 13.7. The van der Waals surface area contributed by atoms with Crippen LogP contribution in [0.3, 0.4) is 0 Å². The van der Waals surface area contributed by atoms with Crippen molar-refractivity contribution in [1.82, 2.24) is 14.8 Å². The maximum Gasteiger partial charge on any atom is 0.272 e. The van der Waals surface area contributed by atoms with Gasteiger partial charge in [0.05, 0.1) is 21.8 Å². The first-order chi connectivity index (χ1) is 10.9. The summed E-state index contributed by atoms with van der Waals surface area (Å²) in [6, 6.07) is 5.28. The quantitative estimate of drug-likeness (QED) is 0.753. The summed E-state index contributed by atoms with van der Waals surface area (Å²) < 4.78 is 5.31. The van der Waals surface area contributed by atoms with Gasteiger partial charge in [0, 0.05) is 39.0 Å². The molecule has 2 aliphatic rings. The predicted molar refractivity (Wildman–Crippen MR) is 89.5 cm³/mol. The molecule has 0 aromatic carbocycles. The molecule has 0 N–H and O–H groups in total. The van der Waals surface area contributed by atoms with Gasteiger partial charge in [-0.1, -0.05) is 13.0 Å². The highest BCUT2D eigenvalue weighted by Gasteiger charge is 2.36. The third-order valence-electron chi connectivity index (χ3n) is 4.73. The number of aromatic nitrogens is 1. The molecule has 1 aromatic rings. The molecular formula is C16H21B2N3O2. The number of hydrogen-bond donors (Lipinski definition) is 0. The average Bonchev–Trinajstić information content (AvgIpc) is 3.00. The van der Waals surface area contributed by atoms with Crippen molar-refractivity contribution < 1.29 is 9.53 Å². The van der Waals surface area contributed by atoms with Gasteiger partial charge in [-0.05, 0) is 29.8 Å². The summed E-state index contributed by atoms with van der Waals surface area (Å²) in [6.07, 6.45) is 0.957. The summed E-state index contributed by atoms with van der Waals surface area (Å²) >= 11 is 0. The molecule has 1 atom stereocenters. The highest BCUT2D eigenvalue weighted by Crippen LogP contribution is 2.28. The summed E-state index contributed by atoms with van der Waals surface area (Å²) in [5.41, 5.74) is 0.908. The number of carbonyl (C=O) groups excluding carboxylic acids is 1. The second kappa shape index (κ2) is 6.29. The van der Waals surface area contributed by atoms with Crippen LogP contribution in [0, 0.1) is 5.92 Å². The first-order valence-corrected chi connectivity index (χ1v) is 8.04. The molecule has 2 aliphatic heterocycles. The lowest BCUT2D eigenvalue weighted by atomic mass is 9.57. The zero-order chi connectivity index (χ0) is 16.6. The van der Waals surface area contributed by atoms with Crippen LogP contribution >= 0.6 is 0 Å². The van der Waals surface area contributed by atoms with Crippen LogP contribution in [-0.2, 0) is 10.1 Å². The Morgan fingerprint density at radius 2 is 2.09 bits per heavy atom. The molecule has 1 unspecified atom stereocenters. The lowest BCUT2D eigenvalue weighted by Gasteiger charge is -2.49. The minimum absolute atomic E-state index is 0.0980. The van der Waals surface area contributed by atoms with Crippen molar-refractivity contribution in [3.05, 3.63) is 29.6 Å². The number of pyridine rings is 1. The van der Waals surface area contributed by atoms with Crippen LogP contribution in [-0.4, -0.2) is 75.8 Å². The minimum atomic E-state index is -1.14. The molecule has 2 saturated heterocycles. The molecule has 0 saturated carbocycles. The van der Waals surface area contributed by atoms with Crippen LogP contribution < -0.4 is 0 Å². The SMILES string of the molecule is [B]C([B])(c1cccc(C(=O)N2CCC(OC)C2)n1)N1CC(C)C1. The van der Waals surface area contributed by atoms with Crippen LogP contribution in [0.15, 0.2) is 18.2 Å². The molecule has 118 valence electrons. The van der Waals surface area contributed by atoms with Gasteiger partial charge in [-0.25, -0.2) is 4.98 Å². The zero-order valence-corrected chi connectivity index (χ0v) is 13.7. The first kappa shape index (κ1) is 16.5. The molecule has 3 heterocycles. The Morgan fingerprint density at radius 1 is 1.35 bits per heavy atom. The van der Waals surface area contributed by atoms with Crippen molar-refractivity contribution in [1.29, 1.82) is 0 Å². The van der Waals surface area contributed by atoms with E-state index >= 15 is 0 Å². The van der Waals surface area contributed by atoms with Crippen molar-refractivity contribution in [3.8, 4) is 0 Å². The topological polar surface area (TPSA) is 45.7 Å². The fourth-order valence-corrected chi connectivity index (χ4v) is 3.21. The van der Waals surface area contributed by atoms with E-state index in [-0.39, 0.29) is 12.0 Å². The minimum Gasteiger partial charge on any atom is -0.380 e. The van der Waals surface area contributed by atoms with Crippen LogP contribution in [0.1, 0.15) is 29.5 Å². The Hall–Kier alpha value is -1.33. The van der Waals surface area contributed by atoms with Gasteiger partial charge in [0.1, 0.15) is 5.69 Å². The second-order valence-corrected chi connectivity index (χ2v) is 6.64. The second-order valence-electron chi connectivity index (χ2n) is 6.64. The van der Waals surface area contributed by atoms with E-state index in [4.69, 9.17) is 20.4 Å². The fraction of sp³-hybridized carbons (Fsp3) is 0.625. The molecule has 7 heteroatoms. The van der Waals surface area contributed by atoms with Gasteiger partial charge in [-0.15, -0.1) is 0 Å². The van der Waals surface area contributed by atoms with Gasteiger partial charge < -0.3 is 14.5 Å². The van der Waals surface area contributed by atoms with E-state index in [0.29, 0.717) is 30.4 Å². The van der Waals surface area contributed by atoms with Crippen molar-refractivity contribution in [2.24, 2.45) is 5.92 Å². The van der Waals surface area contributed by atoms with Gasteiger partial charge in [-0.3, -0.25) is 4.79 Å². The third kappa shape index (κ3) is 3.17. The highest BCUT2D eigenvalue weighted by molar-refractivity contribution is 6.39. The van der Waals surface area contributed by atoms with Crippen molar-refractivity contribution in [2.75, 3.05) is 33.3 Å². The normalized spacial score (nSPS) is 23.0. The highest BCUT2D eigenvalue weighted by atomic mass is 16.5. The summed E-state index contributed by atoms with van der Waals surface area (Å²) in [5, 5.41) is -1.14. The molecule has 0 aliphatic carbocycles.